The van der Waals surface area contributed by atoms with Gasteiger partial charge in [-0.1, -0.05) is 65.2 Å². The van der Waals surface area contributed by atoms with E-state index < -0.39 is 71.4 Å². The number of methoxy groups -OCH3 is 2. The highest BCUT2D eigenvalue weighted by Crippen LogP contribution is 2.47. The molecule has 4 heterocycles. The summed E-state index contributed by atoms with van der Waals surface area (Å²) >= 11 is 1.06. The van der Waals surface area contributed by atoms with E-state index in [0.717, 1.165) is 18.9 Å². The van der Waals surface area contributed by atoms with Crippen molar-refractivity contribution in [3.8, 4) is 29.4 Å². The molecule has 20 heteroatoms. The Hall–Kier alpha value is -4.00. The fourth-order valence-corrected chi connectivity index (χ4v) is 12.2. The monoisotopic (exact) mass is 980 g/mol. The number of aliphatic hydroxyl groups excluding tert-OH is 1. The molecule has 2 fully saturated rings. The maximum absolute atomic E-state index is 15.3. The first-order valence-corrected chi connectivity index (χ1v) is 26.3. The first kappa shape index (κ1) is 49.9. The maximum atomic E-state index is 15.3. The van der Waals surface area contributed by atoms with Gasteiger partial charge in [0, 0.05) is 59.0 Å². The number of allylic oxidation sites excluding steroid dienone is 3. The zero-order chi connectivity index (χ0) is 47.3. The summed E-state index contributed by atoms with van der Waals surface area (Å²) in [6.45, 7) is 5.83. The predicted octanol–water partition coefficient (Wildman–Crippen LogP) is 5.19. The Morgan fingerprint density at radius 1 is 1.14 bits per heavy atom. The van der Waals surface area contributed by atoms with Crippen LogP contribution in [0.15, 0.2) is 65.5 Å². The first-order chi connectivity index (χ1) is 31.7. The lowest BCUT2D eigenvalue weighted by molar-refractivity contribution is -0.323. The van der Waals surface area contributed by atoms with Gasteiger partial charge in [-0.2, -0.15) is 0 Å². The van der Waals surface area contributed by atoms with E-state index in [1.165, 1.54) is 55.8 Å². The van der Waals surface area contributed by atoms with Gasteiger partial charge in [-0.05, 0) is 65.7 Å². The Kier molecular flexibility index (Phi) is 16.3. The van der Waals surface area contributed by atoms with Crippen molar-refractivity contribution in [2.45, 2.75) is 99.1 Å². The number of alkyl carbamates (subject to hydrolysis) is 1. The molecule has 0 saturated carbocycles. The topological polar surface area (TPSA) is 220 Å². The summed E-state index contributed by atoms with van der Waals surface area (Å²) in [4.78, 5) is 50.1. The minimum absolute atomic E-state index is 0.00929. The third-order valence-electron chi connectivity index (χ3n) is 11.7. The van der Waals surface area contributed by atoms with Crippen molar-refractivity contribution in [1.29, 1.82) is 0 Å². The number of aromatic nitrogens is 2. The molecule has 10 atom stereocenters. The van der Waals surface area contributed by atoms with Crippen molar-refractivity contribution < 1.29 is 58.1 Å². The summed E-state index contributed by atoms with van der Waals surface area (Å²) in [5.74, 6) is 10.7. The number of carbonyl (C=O) groups excluding carboxylic acids is 3. The van der Waals surface area contributed by atoms with Crippen molar-refractivity contribution >= 4 is 82.6 Å². The second-order valence-corrected chi connectivity index (χ2v) is 21.5. The second-order valence-electron chi connectivity index (χ2n) is 16.1. The van der Waals surface area contributed by atoms with E-state index in [4.69, 9.17) is 28.4 Å². The number of H-pyrrole nitrogens is 1. The zero-order valence-electron chi connectivity index (χ0n) is 37.2. The Balaban J connectivity index is 1.35. The van der Waals surface area contributed by atoms with Crippen molar-refractivity contribution in [3.05, 3.63) is 71.2 Å². The lowest BCUT2D eigenvalue weighted by atomic mass is 9.75. The van der Waals surface area contributed by atoms with Gasteiger partial charge < -0.3 is 54.0 Å². The van der Waals surface area contributed by atoms with Gasteiger partial charge in [-0.3, -0.25) is 19.9 Å². The number of pyridine rings is 1. The number of nitrogens with zero attached hydrogens (tertiary/aromatic N) is 1. The van der Waals surface area contributed by atoms with Gasteiger partial charge in [0.25, 0.3) is 0 Å². The Morgan fingerprint density at radius 2 is 1.92 bits per heavy atom. The fourth-order valence-electron chi connectivity index (χ4n) is 8.73. The van der Waals surface area contributed by atoms with Gasteiger partial charge in [-0.15, -0.1) is 11.8 Å². The number of hydrogen-bond donors (Lipinski definition) is 6. The molecule has 2 saturated heterocycles. The largest absolute Gasteiger partial charge is 0.508 e. The number of aromatic amines is 1. The number of carbonyl (C=O) groups is 3. The number of phenolic OH excluding ortho intramolecular Hbond substituents is 1. The molecule has 7 rings (SSSR count). The molecular weight excluding hydrogens is 929 g/mol. The molecule has 352 valence electrons. The summed E-state index contributed by atoms with van der Waals surface area (Å²) in [6.07, 6.45) is -0.292. The van der Waals surface area contributed by atoms with Crippen molar-refractivity contribution in [2.75, 3.05) is 39.1 Å². The molecule has 2 aliphatic heterocycles. The van der Waals surface area contributed by atoms with Crippen LogP contribution in [-0.2, 0) is 33.2 Å². The van der Waals surface area contributed by atoms with Crippen molar-refractivity contribution in [3.63, 3.8) is 0 Å². The number of hydrogen-bond acceptors (Lipinski definition) is 18. The summed E-state index contributed by atoms with van der Waals surface area (Å²) in [5.41, 5.74) is -1.07. The quantitative estimate of drug-likeness (QED) is 0.0500. The van der Waals surface area contributed by atoms with Crippen molar-refractivity contribution in [1.82, 2.24) is 20.6 Å². The number of aromatic hydroxyl groups is 1. The molecule has 2 bridgehead atoms. The number of thioether (sulfide) groups is 1. The molecule has 0 spiro atoms. The Labute approximate surface area is 398 Å². The smallest absolute Gasteiger partial charge is 0.411 e. The molecule has 2 aliphatic carbocycles. The van der Waals surface area contributed by atoms with E-state index in [2.05, 4.69) is 44.3 Å². The summed E-state index contributed by atoms with van der Waals surface area (Å²) in [7, 11) is 7.24. The molecule has 4 aliphatic rings. The van der Waals surface area contributed by atoms with E-state index in [0.29, 0.717) is 27.6 Å². The van der Waals surface area contributed by atoms with Gasteiger partial charge in [0.2, 0.25) is 5.78 Å². The number of Topliss-reactive ketones (excluding diaryl/α,β-unsaturated/α-hetero) is 2. The van der Waals surface area contributed by atoms with Crippen LogP contribution in [0.4, 0.5) is 4.79 Å². The molecule has 6 N–H and O–H groups in total. The number of benzene rings is 1. The SMILES string of the molecule is COC(=O)NC1=C2C(=CCSSSC)C(O)(C#CC=CC#CC2OC2OC(C)C(SC)(C(=O)c3nccc4c3[nH]c3ccc(O)cc34)C(O)C2OC2CC(OC)C(NC(C)C)CO2)CC1=O. The van der Waals surface area contributed by atoms with Crippen LogP contribution < -0.4 is 10.6 Å². The molecule has 1 amide bonds. The lowest BCUT2D eigenvalue weighted by Gasteiger charge is -2.51. The van der Waals surface area contributed by atoms with Gasteiger partial charge in [0.15, 0.2) is 24.0 Å². The average molecular weight is 981 g/mol. The minimum Gasteiger partial charge on any atom is -0.508 e. The molecule has 2 aromatic heterocycles. The normalized spacial score (nSPS) is 30.5. The molecule has 10 unspecified atom stereocenters. The summed E-state index contributed by atoms with van der Waals surface area (Å²) < 4.78 is 35.5. The predicted molar refractivity (Wildman–Crippen MR) is 257 cm³/mol. The van der Waals surface area contributed by atoms with Gasteiger partial charge in [-0.25, -0.2) is 4.79 Å². The average Bonchev–Trinajstić information content (AvgIpc) is 3.66. The van der Waals surface area contributed by atoms with E-state index in [-0.39, 0.29) is 59.5 Å². The highest BCUT2D eigenvalue weighted by molar-refractivity contribution is 9.09. The number of ketones is 2. The number of phenols is 1. The standard InChI is InChI=1S/C46H52N4O12S4/c1-24(2)48-31-23-59-35(21-34(31)57-4)62-40-42(54)46(63-6,41(53)39-37-27(15-18-47-39)28-20-26(51)13-14-30(28)49-37)25(3)60-43(40)61-33-12-10-8-9-11-17-45(56)22-32(52)38(50-44(55)58-5)36(33)29(45)16-19-65-66-64-7/h8-9,13-16,18,20,24-25,31,33-35,40,42-43,48-49,51,54,56H,19,21-23H2,1-7H3,(H,50,55). The highest BCUT2D eigenvalue weighted by Gasteiger charge is 2.61. The van der Waals surface area contributed by atoms with Crippen LogP contribution in [0, 0.1) is 23.7 Å². The maximum Gasteiger partial charge on any atom is 0.411 e. The first-order valence-electron chi connectivity index (χ1n) is 21.0. The van der Waals surface area contributed by atoms with Crippen LogP contribution in [0.1, 0.15) is 44.1 Å². The lowest BCUT2D eigenvalue weighted by Crippen LogP contribution is -2.69. The van der Waals surface area contributed by atoms with E-state index >= 15 is 4.79 Å². The number of fused-ring (bicyclic) bond motifs is 5. The minimum atomic E-state index is -2.04. The van der Waals surface area contributed by atoms with E-state index in [1.807, 2.05) is 20.1 Å². The highest BCUT2D eigenvalue weighted by atomic mass is 33.5. The van der Waals surface area contributed by atoms with E-state index in [1.54, 1.807) is 44.6 Å². The van der Waals surface area contributed by atoms with E-state index in [9.17, 15) is 24.9 Å². The van der Waals surface area contributed by atoms with Crippen LogP contribution in [0.3, 0.4) is 0 Å². The van der Waals surface area contributed by atoms with Crippen LogP contribution in [0.25, 0.3) is 21.8 Å². The van der Waals surface area contributed by atoms with Crippen LogP contribution in [0.5, 0.6) is 5.75 Å². The van der Waals surface area contributed by atoms with Gasteiger partial charge in [0.05, 0.1) is 49.6 Å². The molecule has 0 radical (unpaired) electrons. The number of nitrogens with one attached hydrogen (secondary N) is 3. The second kappa shape index (κ2) is 21.5. The van der Waals surface area contributed by atoms with Crippen LogP contribution in [-0.4, -0.2) is 148 Å². The number of ether oxygens (including phenoxy) is 6. The zero-order valence-corrected chi connectivity index (χ0v) is 40.5. The van der Waals surface area contributed by atoms with Gasteiger partial charge in [0.1, 0.15) is 34.5 Å². The molecule has 3 aromatic rings. The summed E-state index contributed by atoms with van der Waals surface area (Å²) in [6, 6.07) is 6.49. The fraction of sp³-hybridized carbons (Fsp3) is 0.478. The molecular formula is C46H52N4O12S4. The van der Waals surface area contributed by atoms with Crippen LogP contribution >= 0.6 is 43.2 Å². The molecule has 1 aromatic carbocycles. The summed E-state index contributed by atoms with van der Waals surface area (Å²) in [5, 5.41) is 42.8. The molecule has 66 heavy (non-hydrogen) atoms. The third-order valence-corrected chi connectivity index (χ3v) is 16.9. The molecule has 16 nitrogen and oxygen atoms in total. The Morgan fingerprint density at radius 3 is 2.65 bits per heavy atom. The van der Waals surface area contributed by atoms with Crippen molar-refractivity contribution in [2.24, 2.45) is 0 Å². The third kappa shape index (κ3) is 10.1. The number of rotatable bonds is 15. The number of amides is 1. The van der Waals surface area contributed by atoms with Crippen LogP contribution in [0.2, 0.25) is 0 Å². The Bertz CT molecular complexity index is 2560. The number of aliphatic hydroxyl groups is 2. The van der Waals surface area contributed by atoms with Gasteiger partial charge >= 0.3 is 6.09 Å².